The summed E-state index contributed by atoms with van der Waals surface area (Å²) in [7, 11) is 0. The van der Waals surface area contributed by atoms with Crippen molar-refractivity contribution in [3.63, 3.8) is 0 Å². The Bertz CT molecular complexity index is 1410. The zero-order chi connectivity index (χ0) is 28.6. The molecule has 2 N–H and O–H groups in total. The quantitative estimate of drug-likeness (QED) is 0.431. The van der Waals surface area contributed by atoms with Crippen LogP contribution in [0.3, 0.4) is 0 Å². The van der Waals surface area contributed by atoms with Crippen LogP contribution in [0.5, 0.6) is 0 Å². The largest absolute Gasteiger partial charge is 0.481 e. The maximum atomic E-state index is 13.5. The number of hydrogen-bond donors (Lipinski definition) is 2. The van der Waals surface area contributed by atoms with Gasteiger partial charge in [0.1, 0.15) is 12.6 Å². The molecule has 3 aromatic rings. The Morgan fingerprint density at radius 3 is 2.20 bits per heavy atom. The van der Waals surface area contributed by atoms with Crippen LogP contribution >= 0.6 is 0 Å². The molecule has 41 heavy (non-hydrogen) atoms. The number of amides is 2. The van der Waals surface area contributed by atoms with Gasteiger partial charge < -0.3 is 20.1 Å². The highest BCUT2D eigenvalue weighted by Crippen LogP contribution is 2.45. The summed E-state index contributed by atoms with van der Waals surface area (Å²) in [6, 6.07) is 25.2. The standard InChI is InChI=1S/C33H35N3O5/c1-33-20-35(16-22-9-3-2-4-10-22)17-23(33)18-36(21-33)31(39)29(15-30(37)38)34-32(40)41-19-28-26-13-7-5-11-24(26)25-12-6-8-14-27(25)28/h2-14,23,28-29H,15-21H2,1H3,(H,34,40)(H,37,38)/t23-,29?,33+/m0/s1. The molecule has 1 unspecified atom stereocenters. The second kappa shape index (κ2) is 11.0. The molecule has 8 heteroatoms. The molecular formula is C33H35N3O5. The second-order valence-electron chi connectivity index (χ2n) is 11.8. The van der Waals surface area contributed by atoms with Crippen molar-refractivity contribution >= 4 is 18.0 Å². The van der Waals surface area contributed by atoms with Crippen LogP contribution in [0.1, 0.15) is 36.0 Å². The van der Waals surface area contributed by atoms with Crippen molar-refractivity contribution in [3.05, 3.63) is 95.6 Å². The monoisotopic (exact) mass is 553 g/mol. The molecule has 3 aliphatic rings. The van der Waals surface area contributed by atoms with E-state index in [1.165, 1.54) is 5.56 Å². The van der Waals surface area contributed by atoms with Gasteiger partial charge in [-0.1, -0.05) is 85.8 Å². The number of hydrogen-bond acceptors (Lipinski definition) is 5. The summed E-state index contributed by atoms with van der Waals surface area (Å²) in [6.07, 6.45) is -1.28. The van der Waals surface area contributed by atoms with E-state index in [0.29, 0.717) is 13.1 Å². The topological polar surface area (TPSA) is 99.2 Å². The minimum absolute atomic E-state index is 0.0814. The van der Waals surface area contributed by atoms with Crippen LogP contribution in [0.4, 0.5) is 4.79 Å². The molecular weight excluding hydrogens is 518 g/mol. The van der Waals surface area contributed by atoms with Gasteiger partial charge in [0.25, 0.3) is 0 Å². The molecule has 3 aromatic carbocycles. The van der Waals surface area contributed by atoms with E-state index in [-0.39, 0.29) is 29.8 Å². The predicted octanol–water partition coefficient (Wildman–Crippen LogP) is 4.35. The third kappa shape index (κ3) is 5.44. The van der Waals surface area contributed by atoms with Crippen LogP contribution in [0, 0.1) is 11.3 Å². The SMILES string of the molecule is C[C@]12CN(Cc3ccccc3)C[C@H]1CN(C(=O)C(CC(=O)O)NC(=O)OCC1c3ccccc3-c3ccccc31)C2. The molecule has 8 nitrogen and oxygen atoms in total. The third-order valence-corrected chi connectivity index (χ3v) is 8.92. The number of rotatable bonds is 8. The number of fused-ring (bicyclic) bond motifs is 4. The Balaban J connectivity index is 1.08. The number of alkyl carbamates (subject to hydrolysis) is 1. The first-order valence-corrected chi connectivity index (χ1v) is 14.2. The summed E-state index contributed by atoms with van der Waals surface area (Å²) in [5.41, 5.74) is 5.58. The fourth-order valence-electron chi connectivity index (χ4n) is 6.97. The minimum Gasteiger partial charge on any atom is -0.481 e. The van der Waals surface area contributed by atoms with Crippen molar-refractivity contribution in [3.8, 4) is 11.1 Å². The van der Waals surface area contributed by atoms with E-state index in [2.05, 4.69) is 41.4 Å². The first-order chi connectivity index (χ1) is 19.8. The van der Waals surface area contributed by atoms with Gasteiger partial charge in [0, 0.05) is 44.1 Å². The molecule has 0 bridgehead atoms. The van der Waals surface area contributed by atoms with Gasteiger partial charge in [-0.25, -0.2) is 4.79 Å². The normalized spacial score (nSPS) is 22.1. The number of likely N-dealkylation sites (tertiary alicyclic amines) is 2. The van der Waals surface area contributed by atoms with E-state index >= 15 is 0 Å². The number of nitrogens with one attached hydrogen (secondary N) is 1. The van der Waals surface area contributed by atoms with Crippen molar-refractivity contribution in [2.24, 2.45) is 11.3 Å². The minimum atomic E-state index is -1.19. The van der Waals surface area contributed by atoms with Crippen LogP contribution in [0.15, 0.2) is 78.9 Å². The van der Waals surface area contributed by atoms with E-state index in [4.69, 9.17) is 4.74 Å². The molecule has 0 radical (unpaired) electrons. The number of ether oxygens (including phenoxy) is 1. The van der Waals surface area contributed by atoms with Gasteiger partial charge in [-0.3, -0.25) is 14.5 Å². The van der Waals surface area contributed by atoms with Crippen molar-refractivity contribution in [2.45, 2.75) is 31.8 Å². The third-order valence-electron chi connectivity index (χ3n) is 8.92. The summed E-state index contributed by atoms with van der Waals surface area (Å²) in [4.78, 5) is 42.2. The molecule has 0 saturated carbocycles. The summed E-state index contributed by atoms with van der Waals surface area (Å²) in [5, 5.41) is 12.1. The van der Waals surface area contributed by atoms with Crippen LogP contribution in [0.2, 0.25) is 0 Å². The molecule has 3 atom stereocenters. The van der Waals surface area contributed by atoms with E-state index < -0.39 is 24.5 Å². The van der Waals surface area contributed by atoms with Gasteiger partial charge in [-0.15, -0.1) is 0 Å². The Kier molecular flexibility index (Phi) is 7.26. The lowest BCUT2D eigenvalue weighted by Crippen LogP contribution is -2.50. The Morgan fingerprint density at radius 2 is 1.56 bits per heavy atom. The van der Waals surface area contributed by atoms with Crippen LogP contribution in [0.25, 0.3) is 11.1 Å². The average molecular weight is 554 g/mol. The highest BCUT2D eigenvalue weighted by molar-refractivity contribution is 5.89. The number of carboxylic acids is 1. The van der Waals surface area contributed by atoms with Crippen molar-refractivity contribution in [2.75, 3.05) is 32.8 Å². The molecule has 2 fully saturated rings. The van der Waals surface area contributed by atoms with Crippen LogP contribution in [-0.4, -0.2) is 71.7 Å². The fraction of sp³-hybridized carbons (Fsp3) is 0.364. The summed E-state index contributed by atoms with van der Waals surface area (Å²) in [6.45, 7) is 5.97. The van der Waals surface area contributed by atoms with Gasteiger partial charge in [0.15, 0.2) is 0 Å². The van der Waals surface area contributed by atoms with Gasteiger partial charge in [-0.05, 0) is 33.7 Å². The molecule has 2 heterocycles. The molecule has 2 amide bonds. The highest BCUT2D eigenvalue weighted by Gasteiger charge is 2.51. The zero-order valence-electron chi connectivity index (χ0n) is 23.2. The van der Waals surface area contributed by atoms with E-state index in [0.717, 1.165) is 41.9 Å². The van der Waals surface area contributed by atoms with Crippen molar-refractivity contribution < 1.29 is 24.2 Å². The van der Waals surface area contributed by atoms with Gasteiger partial charge >= 0.3 is 12.1 Å². The molecule has 1 aliphatic carbocycles. The molecule has 212 valence electrons. The van der Waals surface area contributed by atoms with E-state index in [1.54, 1.807) is 4.90 Å². The van der Waals surface area contributed by atoms with E-state index in [1.807, 2.05) is 54.6 Å². The number of benzene rings is 3. The lowest BCUT2D eigenvalue weighted by molar-refractivity contribution is -0.142. The maximum absolute atomic E-state index is 13.5. The smallest absolute Gasteiger partial charge is 0.407 e. The summed E-state index contributed by atoms with van der Waals surface area (Å²) in [5.74, 6) is -1.36. The molecule has 2 aliphatic heterocycles. The Morgan fingerprint density at radius 1 is 0.927 bits per heavy atom. The predicted molar refractivity (Wildman–Crippen MR) is 154 cm³/mol. The van der Waals surface area contributed by atoms with Gasteiger partial charge in [0.2, 0.25) is 5.91 Å². The van der Waals surface area contributed by atoms with E-state index in [9.17, 15) is 19.5 Å². The molecule has 6 rings (SSSR count). The number of aliphatic carboxylic acids is 1. The fourth-order valence-corrected chi connectivity index (χ4v) is 6.97. The van der Waals surface area contributed by atoms with Crippen molar-refractivity contribution in [1.82, 2.24) is 15.1 Å². The number of nitrogens with zero attached hydrogens (tertiary/aromatic N) is 2. The Labute approximate surface area is 239 Å². The zero-order valence-corrected chi connectivity index (χ0v) is 23.2. The number of carbonyl (C=O) groups excluding carboxylic acids is 2. The molecule has 0 spiro atoms. The second-order valence-corrected chi connectivity index (χ2v) is 11.8. The molecule has 2 saturated heterocycles. The van der Waals surface area contributed by atoms with Crippen LogP contribution in [-0.2, 0) is 20.9 Å². The first-order valence-electron chi connectivity index (χ1n) is 14.2. The first kappa shape index (κ1) is 27.0. The lowest BCUT2D eigenvalue weighted by Gasteiger charge is -2.28. The lowest BCUT2D eigenvalue weighted by atomic mass is 9.83. The Hall–Kier alpha value is -4.17. The number of carboxylic acid groups (broad SMARTS) is 1. The summed E-state index contributed by atoms with van der Waals surface area (Å²) < 4.78 is 5.61. The molecule has 0 aromatic heterocycles. The van der Waals surface area contributed by atoms with Gasteiger partial charge in [0.05, 0.1) is 6.42 Å². The van der Waals surface area contributed by atoms with Gasteiger partial charge in [-0.2, -0.15) is 0 Å². The summed E-state index contributed by atoms with van der Waals surface area (Å²) >= 11 is 0. The number of carbonyl (C=O) groups is 3. The highest BCUT2D eigenvalue weighted by atomic mass is 16.5. The van der Waals surface area contributed by atoms with Crippen molar-refractivity contribution in [1.29, 1.82) is 0 Å². The maximum Gasteiger partial charge on any atom is 0.407 e. The average Bonchev–Trinajstić information content (AvgIpc) is 3.56. The van der Waals surface area contributed by atoms with Crippen LogP contribution < -0.4 is 5.32 Å².